The van der Waals surface area contributed by atoms with Crippen molar-refractivity contribution in [3.8, 4) is 0 Å². The summed E-state index contributed by atoms with van der Waals surface area (Å²) in [6, 6.07) is 20.7. The molecule has 0 saturated heterocycles. The maximum absolute atomic E-state index is 13.0. The van der Waals surface area contributed by atoms with E-state index < -0.39 is 0 Å². The van der Waals surface area contributed by atoms with Crippen molar-refractivity contribution in [3.63, 3.8) is 0 Å². The number of hydrogen-bond donors (Lipinski definition) is 0. The van der Waals surface area contributed by atoms with Crippen molar-refractivity contribution in [1.82, 2.24) is 0 Å². The predicted molar refractivity (Wildman–Crippen MR) is 91.0 cm³/mol. The zero-order valence-electron chi connectivity index (χ0n) is 13.3. The molecule has 0 N–H and O–H groups in total. The van der Waals surface area contributed by atoms with Crippen LogP contribution in [-0.2, 0) is 4.79 Å². The number of rotatable bonds is 4. The summed E-state index contributed by atoms with van der Waals surface area (Å²) in [5.74, 6) is 0.448. The second kappa shape index (κ2) is 6.31. The summed E-state index contributed by atoms with van der Waals surface area (Å²) in [7, 11) is 0. The maximum Gasteiger partial charge on any atom is 0.167 e. The average Bonchev–Trinajstić information content (AvgIpc) is 2.88. The van der Waals surface area contributed by atoms with Crippen LogP contribution < -0.4 is 0 Å². The average molecular weight is 290 g/mol. The molecule has 0 amide bonds. The van der Waals surface area contributed by atoms with Gasteiger partial charge >= 0.3 is 0 Å². The van der Waals surface area contributed by atoms with E-state index in [4.69, 9.17) is 0 Å². The Balaban J connectivity index is 2.15. The molecule has 2 aromatic rings. The molecule has 0 aliphatic heterocycles. The van der Waals surface area contributed by atoms with E-state index >= 15 is 0 Å². The van der Waals surface area contributed by atoms with Gasteiger partial charge in [-0.15, -0.1) is 0 Å². The Morgan fingerprint density at radius 3 is 1.68 bits per heavy atom. The lowest BCUT2D eigenvalue weighted by atomic mass is 9.80. The van der Waals surface area contributed by atoms with Gasteiger partial charge in [-0.1, -0.05) is 80.1 Å². The predicted octanol–water partition coefficient (Wildman–Crippen LogP) is 5.25. The third-order valence-corrected chi connectivity index (χ3v) is 4.73. The van der Waals surface area contributed by atoms with E-state index in [1.165, 1.54) is 11.1 Å². The summed E-state index contributed by atoms with van der Waals surface area (Å²) in [6.07, 6.45) is 1.77. The molecule has 0 saturated carbocycles. The van der Waals surface area contributed by atoms with Gasteiger partial charge in [-0.25, -0.2) is 0 Å². The van der Waals surface area contributed by atoms with E-state index in [0.717, 1.165) is 24.0 Å². The molecule has 0 aromatic heterocycles. The molecule has 1 aliphatic carbocycles. The summed E-state index contributed by atoms with van der Waals surface area (Å²) < 4.78 is 0. The zero-order chi connectivity index (χ0) is 15.5. The largest absolute Gasteiger partial charge is 0.294 e. The minimum Gasteiger partial charge on any atom is -0.294 e. The van der Waals surface area contributed by atoms with Crippen LogP contribution in [0.5, 0.6) is 0 Å². The molecule has 0 radical (unpaired) electrons. The molecular weight excluding hydrogens is 268 g/mol. The Kier molecular flexibility index (Phi) is 4.24. The minimum absolute atomic E-state index is 0.0616. The van der Waals surface area contributed by atoms with Crippen molar-refractivity contribution in [2.24, 2.45) is 0 Å². The van der Waals surface area contributed by atoms with Crippen LogP contribution >= 0.6 is 0 Å². The molecule has 3 rings (SSSR count). The minimum atomic E-state index is -0.0616. The lowest BCUT2D eigenvalue weighted by Gasteiger charge is -2.22. The molecule has 1 heteroatoms. The van der Waals surface area contributed by atoms with Crippen molar-refractivity contribution >= 4 is 5.78 Å². The molecule has 2 aromatic carbocycles. The first-order valence-corrected chi connectivity index (χ1v) is 8.13. The molecule has 1 aliphatic rings. The van der Waals surface area contributed by atoms with Crippen molar-refractivity contribution in [2.75, 3.05) is 0 Å². The summed E-state index contributed by atoms with van der Waals surface area (Å²) in [6.45, 7) is 4.26. The highest BCUT2D eigenvalue weighted by Crippen LogP contribution is 2.49. The van der Waals surface area contributed by atoms with Crippen LogP contribution in [-0.4, -0.2) is 5.78 Å². The van der Waals surface area contributed by atoms with Crippen LogP contribution in [0.2, 0.25) is 0 Å². The summed E-state index contributed by atoms with van der Waals surface area (Å²) in [4.78, 5) is 13.0. The first-order valence-electron chi connectivity index (χ1n) is 8.13. The SMILES string of the molecule is CCC1=C(CC)[C@@H](c2ccccc2)[C@@H](c2ccccc2)C1=O. The highest BCUT2D eigenvalue weighted by atomic mass is 16.1. The van der Waals surface area contributed by atoms with Gasteiger partial charge in [-0.3, -0.25) is 4.79 Å². The maximum atomic E-state index is 13.0. The molecule has 0 bridgehead atoms. The third kappa shape index (κ3) is 2.41. The Labute approximate surface area is 132 Å². The van der Waals surface area contributed by atoms with Gasteiger partial charge in [0.15, 0.2) is 5.78 Å². The van der Waals surface area contributed by atoms with E-state index in [1.54, 1.807) is 0 Å². The van der Waals surface area contributed by atoms with Crippen LogP contribution in [0.15, 0.2) is 71.8 Å². The molecule has 0 heterocycles. The van der Waals surface area contributed by atoms with Gasteiger partial charge in [0.25, 0.3) is 0 Å². The fourth-order valence-electron chi connectivity index (χ4n) is 3.78. The van der Waals surface area contributed by atoms with Crippen LogP contribution in [0.3, 0.4) is 0 Å². The summed E-state index contributed by atoms with van der Waals surface area (Å²) in [5, 5.41) is 0. The number of carbonyl (C=O) groups excluding carboxylic acids is 1. The molecule has 2 atom stereocenters. The van der Waals surface area contributed by atoms with Gasteiger partial charge in [0.1, 0.15) is 0 Å². The second-order valence-electron chi connectivity index (χ2n) is 5.85. The van der Waals surface area contributed by atoms with Gasteiger partial charge in [0.2, 0.25) is 0 Å². The van der Waals surface area contributed by atoms with E-state index in [1.807, 2.05) is 24.3 Å². The van der Waals surface area contributed by atoms with Gasteiger partial charge in [-0.2, -0.15) is 0 Å². The fraction of sp³-hybridized carbons (Fsp3) is 0.286. The third-order valence-electron chi connectivity index (χ3n) is 4.73. The van der Waals surface area contributed by atoms with E-state index in [2.05, 4.69) is 50.2 Å². The van der Waals surface area contributed by atoms with Gasteiger partial charge < -0.3 is 0 Å². The van der Waals surface area contributed by atoms with Crippen LogP contribution in [0.1, 0.15) is 49.7 Å². The summed E-state index contributed by atoms with van der Waals surface area (Å²) >= 11 is 0. The molecule has 0 spiro atoms. The van der Waals surface area contributed by atoms with Crippen LogP contribution in [0.25, 0.3) is 0 Å². The first-order chi connectivity index (χ1) is 10.8. The van der Waals surface area contributed by atoms with E-state index in [9.17, 15) is 4.79 Å². The monoisotopic (exact) mass is 290 g/mol. The van der Waals surface area contributed by atoms with Crippen molar-refractivity contribution in [1.29, 1.82) is 0 Å². The van der Waals surface area contributed by atoms with Crippen molar-refractivity contribution < 1.29 is 4.79 Å². The highest BCUT2D eigenvalue weighted by molar-refractivity contribution is 6.05. The molecule has 0 fully saturated rings. The Morgan fingerprint density at radius 2 is 1.23 bits per heavy atom. The number of benzene rings is 2. The van der Waals surface area contributed by atoms with Crippen molar-refractivity contribution in [2.45, 2.75) is 38.5 Å². The quantitative estimate of drug-likeness (QED) is 0.751. The molecule has 112 valence electrons. The lowest BCUT2D eigenvalue weighted by molar-refractivity contribution is -0.116. The number of allylic oxidation sites excluding steroid dienone is 2. The van der Waals surface area contributed by atoms with Gasteiger partial charge in [0.05, 0.1) is 5.92 Å². The Morgan fingerprint density at radius 1 is 0.727 bits per heavy atom. The molecular formula is C21H22O. The zero-order valence-corrected chi connectivity index (χ0v) is 13.3. The Hall–Kier alpha value is -2.15. The van der Waals surface area contributed by atoms with E-state index in [0.29, 0.717) is 5.78 Å². The van der Waals surface area contributed by atoms with Crippen LogP contribution in [0, 0.1) is 0 Å². The number of carbonyl (C=O) groups is 1. The Bertz CT molecular complexity index is 682. The van der Waals surface area contributed by atoms with E-state index in [-0.39, 0.29) is 11.8 Å². The molecule has 1 nitrogen and oxygen atoms in total. The molecule has 0 unspecified atom stereocenters. The number of ketones is 1. The van der Waals surface area contributed by atoms with Gasteiger partial charge in [0, 0.05) is 5.92 Å². The normalized spacial score (nSPS) is 21.5. The standard InChI is InChI=1S/C21H22O/c1-3-17-18(4-2)21(22)20(16-13-9-6-10-14-16)19(17)15-11-7-5-8-12-15/h5-14,19-20H,3-4H2,1-2H3/t19-,20-/m1/s1. The van der Waals surface area contributed by atoms with Crippen LogP contribution in [0.4, 0.5) is 0 Å². The summed E-state index contributed by atoms with van der Waals surface area (Å²) in [5.41, 5.74) is 4.76. The highest BCUT2D eigenvalue weighted by Gasteiger charge is 2.41. The topological polar surface area (TPSA) is 17.1 Å². The lowest BCUT2D eigenvalue weighted by Crippen LogP contribution is -2.15. The van der Waals surface area contributed by atoms with Gasteiger partial charge in [-0.05, 0) is 29.5 Å². The fourth-order valence-corrected chi connectivity index (χ4v) is 3.78. The second-order valence-corrected chi connectivity index (χ2v) is 5.85. The number of hydrogen-bond acceptors (Lipinski definition) is 1. The molecule has 22 heavy (non-hydrogen) atoms. The smallest absolute Gasteiger partial charge is 0.167 e. The first kappa shape index (κ1) is 14.8. The van der Waals surface area contributed by atoms with Crippen molar-refractivity contribution in [3.05, 3.63) is 82.9 Å². The number of Topliss-reactive ketones (excluding diaryl/α,β-unsaturated/α-hetero) is 1.